The molecule has 1 saturated carbocycles. The van der Waals surface area contributed by atoms with Crippen molar-refractivity contribution >= 4 is 35.0 Å². The van der Waals surface area contributed by atoms with Crippen molar-refractivity contribution in [2.45, 2.75) is 51.6 Å². The molecule has 1 aliphatic rings. The number of halogens is 2. The van der Waals surface area contributed by atoms with Crippen LogP contribution in [0.2, 0.25) is 10.0 Å². The van der Waals surface area contributed by atoms with Crippen LogP contribution in [0, 0.1) is 13.8 Å². The normalized spacial score (nSPS) is 18.0. The van der Waals surface area contributed by atoms with Crippen molar-refractivity contribution in [1.82, 2.24) is 10.6 Å². The molecule has 3 rings (SSSR count). The molecule has 0 atom stereocenters. The first-order valence-corrected chi connectivity index (χ1v) is 11.4. The van der Waals surface area contributed by atoms with E-state index in [9.17, 15) is 9.59 Å². The molecule has 0 heterocycles. The van der Waals surface area contributed by atoms with Crippen molar-refractivity contribution < 1.29 is 19.1 Å². The number of carbonyl (C=O) groups excluding carboxylic acids is 2. The van der Waals surface area contributed by atoms with Crippen molar-refractivity contribution in [2.24, 2.45) is 0 Å². The summed E-state index contributed by atoms with van der Waals surface area (Å²) in [6.07, 6.45) is 3.20. The fourth-order valence-electron chi connectivity index (χ4n) is 3.76. The van der Waals surface area contributed by atoms with E-state index >= 15 is 0 Å². The van der Waals surface area contributed by atoms with Crippen LogP contribution in [-0.2, 0) is 9.59 Å². The standard InChI is InChI=1S/C24H28Cl2N2O4/c1-15-11-17(25)3-9-21(15)31-13-23(29)27-19-5-7-20(8-6-19)28-24(30)14-32-22-10-4-18(26)12-16(22)2/h3-4,9-12,19-20H,5-8,13-14H2,1-2H3,(H,27,29)(H,28,30). The van der Waals surface area contributed by atoms with E-state index in [0.717, 1.165) is 36.8 Å². The van der Waals surface area contributed by atoms with E-state index in [-0.39, 0.29) is 37.1 Å². The molecule has 1 fully saturated rings. The van der Waals surface area contributed by atoms with Gasteiger partial charge in [0.25, 0.3) is 11.8 Å². The molecule has 0 radical (unpaired) electrons. The molecule has 6 nitrogen and oxygen atoms in total. The summed E-state index contributed by atoms with van der Waals surface area (Å²) in [4.78, 5) is 24.5. The van der Waals surface area contributed by atoms with Crippen LogP contribution in [0.1, 0.15) is 36.8 Å². The Labute approximate surface area is 198 Å². The van der Waals surface area contributed by atoms with Gasteiger partial charge in [-0.2, -0.15) is 0 Å². The molecule has 2 amide bonds. The molecular formula is C24H28Cl2N2O4. The van der Waals surface area contributed by atoms with Crippen molar-refractivity contribution in [3.63, 3.8) is 0 Å². The van der Waals surface area contributed by atoms with Crippen molar-refractivity contribution in [1.29, 1.82) is 0 Å². The molecule has 0 aliphatic heterocycles. The van der Waals surface area contributed by atoms with Gasteiger partial charge >= 0.3 is 0 Å². The van der Waals surface area contributed by atoms with E-state index in [1.54, 1.807) is 36.4 Å². The summed E-state index contributed by atoms with van der Waals surface area (Å²) in [5.41, 5.74) is 1.77. The highest BCUT2D eigenvalue weighted by Crippen LogP contribution is 2.23. The van der Waals surface area contributed by atoms with Gasteiger partial charge in [-0.1, -0.05) is 23.2 Å². The molecule has 0 spiro atoms. The van der Waals surface area contributed by atoms with Crippen LogP contribution in [0.25, 0.3) is 0 Å². The van der Waals surface area contributed by atoms with Crippen LogP contribution in [0.5, 0.6) is 11.5 Å². The monoisotopic (exact) mass is 478 g/mol. The number of ether oxygens (including phenoxy) is 2. The Morgan fingerprint density at radius 1 is 0.781 bits per heavy atom. The summed E-state index contributed by atoms with van der Waals surface area (Å²) in [5.74, 6) is 0.983. The van der Waals surface area contributed by atoms with E-state index in [0.29, 0.717) is 21.5 Å². The number of benzene rings is 2. The van der Waals surface area contributed by atoms with Crippen molar-refractivity contribution in [3.05, 3.63) is 57.6 Å². The average molecular weight is 479 g/mol. The molecule has 2 N–H and O–H groups in total. The Hall–Kier alpha value is -2.44. The molecule has 172 valence electrons. The van der Waals surface area contributed by atoms with Gasteiger partial charge in [-0.3, -0.25) is 9.59 Å². The maximum Gasteiger partial charge on any atom is 0.258 e. The Kier molecular flexibility index (Phi) is 8.65. The van der Waals surface area contributed by atoms with Crippen molar-refractivity contribution in [3.8, 4) is 11.5 Å². The summed E-state index contributed by atoms with van der Waals surface area (Å²) in [6, 6.07) is 10.8. The smallest absolute Gasteiger partial charge is 0.258 e. The second-order valence-electron chi connectivity index (χ2n) is 8.08. The number of aryl methyl sites for hydroxylation is 2. The third kappa shape index (κ3) is 7.31. The zero-order chi connectivity index (χ0) is 23.1. The van der Waals surface area contributed by atoms with E-state index < -0.39 is 0 Å². The second-order valence-corrected chi connectivity index (χ2v) is 8.95. The molecule has 0 bridgehead atoms. The van der Waals surface area contributed by atoms with Gasteiger partial charge in [0, 0.05) is 22.1 Å². The van der Waals surface area contributed by atoms with Gasteiger partial charge in [0.05, 0.1) is 0 Å². The lowest BCUT2D eigenvalue weighted by molar-refractivity contribution is -0.125. The van der Waals surface area contributed by atoms with E-state index in [1.807, 2.05) is 13.8 Å². The second kappa shape index (κ2) is 11.4. The molecule has 0 aromatic heterocycles. The highest BCUT2D eigenvalue weighted by Gasteiger charge is 2.24. The first-order chi connectivity index (χ1) is 15.3. The van der Waals surface area contributed by atoms with Gasteiger partial charge < -0.3 is 20.1 Å². The Bertz CT molecular complexity index is 882. The molecule has 0 unspecified atom stereocenters. The van der Waals surface area contributed by atoms with Crippen LogP contribution < -0.4 is 20.1 Å². The highest BCUT2D eigenvalue weighted by atomic mass is 35.5. The zero-order valence-corrected chi connectivity index (χ0v) is 19.8. The maximum absolute atomic E-state index is 12.2. The Morgan fingerprint density at radius 2 is 1.16 bits per heavy atom. The van der Waals surface area contributed by atoms with Gasteiger partial charge in [0.2, 0.25) is 0 Å². The molecule has 2 aromatic rings. The van der Waals surface area contributed by atoms with Crippen molar-refractivity contribution in [2.75, 3.05) is 13.2 Å². The first-order valence-electron chi connectivity index (χ1n) is 10.7. The summed E-state index contributed by atoms with van der Waals surface area (Å²) < 4.78 is 11.2. The fraction of sp³-hybridized carbons (Fsp3) is 0.417. The Morgan fingerprint density at radius 3 is 1.50 bits per heavy atom. The summed E-state index contributed by atoms with van der Waals surface area (Å²) >= 11 is 11.9. The molecular weight excluding hydrogens is 451 g/mol. The van der Waals surface area contributed by atoms with E-state index in [4.69, 9.17) is 32.7 Å². The molecule has 8 heteroatoms. The number of hydrogen-bond donors (Lipinski definition) is 2. The number of hydrogen-bond acceptors (Lipinski definition) is 4. The molecule has 32 heavy (non-hydrogen) atoms. The van der Waals surface area contributed by atoms with Crippen LogP contribution in [-0.4, -0.2) is 37.1 Å². The number of nitrogens with one attached hydrogen (secondary N) is 2. The molecule has 1 aliphatic carbocycles. The maximum atomic E-state index is 12.2. The predicted octanol–water partition coefficient (Wildman–Crippen LogP) is 4.61. The van der Waals surface area contributed by atoms with Crippen LogP contribution in [0.15, 0.2) is 36.4 Å². The van der Waals surface area contributed by atoms with Gasteiger partial charge in [-0.15, -0.1) is 0 Å². The third-order valence-electron chi connectivity index (χ3n) is 5.45. The lowest BCUT2D eigenvalue weighted by Gasteiger charge is -2.29. The minimum Gasteiger partial charge on any atom is -0.484 e. The lowest BCUT2D eigenvalue weighted by Crippen LogP contribution is -2.45. The van der Waals surface area contributed by atoms with E-state index in [2.05, 4.69) is 10.6 Å². The summed E-state index contributed by atoms with van der Waals surface area (Å²) in [5, 5.41) is 7.29. The fourth-order valence-corrected chi connectivity index (χ4v) is 4.21. The largest absolute Gasteiger partial charge is 0.484 e. The SMILES string of the molecule is Cc1cc(Cl)ccc1OCC(=O)NC1CCC(NC(=O)COc2ccc(Cl)cc2C)CC1. The first kappa shape index (κ1) is 24.2. The van der Waals surface area contributed by atoms with Crippen LogP contribution >= 0.6 is 23.2 Å². The minimum atomic E-state index is -0.154. The number of rotatable bonds is 8. The molecule has 0 saturated heterocycles. The van der Waals surface area contributed by atoms with Crippen LogP contribution in [0.4, 0.5) is 0 Å². The van der Waals surface area contributed by atoms with E-state index in [1.165, 1.54) is 0 Å². The minimum absolute atomic E-state index is 0.0411. The quantitative estimate of drug-likeness (QED) is 0.580. The topological polar surface area (TPSA) is 76.7 Å². The number of carbonyl (C=O) groups is 2. The third-order valence-corrected chi connectivity index (χ3v) is 5.92. The van der Waals surface area contributed by atoms with Gasteiger partial charge in [0.1, 0.15) is 11.5 Å². The molecule has 2 aromatic carbocycles. The van der Waals surface area contributed by atoms with Crippen LogP contribution in [0.3, 0.4) is 0 Å². The Balaban J connectivity index is 1.34. The predicted molar refractivity (Wildman–Crippen MR) is 126 cm³/mol. The number of amides is 2. The average Bonchev–Trinajstić information content (AvgIpc) is 2.74. The van der Waals surface area contributed by atoms with Gasteiger partial charge in [-0.25, -0.2) is 0 Å². The summed E-state index contributed by atoms with van der Waals surface area (Å²) in [6.45, 7) is 3.69. The van der Waals surface area contributed by atoms with Gasteiger partial charge in [-0.05, 0) is 87.1 Å². The zero-order valence-electron chi connectivity index (χ0n) is 18.3. The lowest BCUT2D eigenvalue weighted by atomic mass is 9.91. The van der Waals surface area contributed by atoms with Gasteiger partial charge in [0.15, 0.2) is 13.2 Å². The highest BCUT2D eigenvalue weighted by molar-refractivity contribution is 6.31. The summed E-state index contributed by atoms with van der Waals surface area (Å²) in [7, 11) is 0.